The molecular weight excluding hydrogens is 458 g/mol. The van der Waals surface area contributed by atoms with Crippen molar-refractivity contribution in [1.29, 1.82) is 0 Å². The van der Waals surface area contributed by atoms with Crippen molar-refractivity contribution in [2.75, 3.05) is 40.0 Å². The molecule has 2 saturated heterocycles. The quantitative estimate of drug-likeness (QED) is 0.294. The van der Waals surface area contributed by atoms with Crippen LogP contribution in [0.4, 0.5) is 0 Å². The molecule has 0 spiro atoms. The summed E-state index contributed by atoms with van der Waals surface area (Å²) in [6.45, 7) is 7.98. The predicted octanol–water partition coefficient (Wildman–Crippen LogP) is -0.370. The minimum Gasteiger partial charge on any atom is -0.382 e. The Balaban J connectivity index is 1.50. The number of hydrogen-bond acceptors (Lipinski definition) is 9. The fourth-order valence-corrected chi connectivity index (χ4v) is 3.69. The first kappa shape index (κ1) is 26.8. The molecule has 194 valence electrons. The molecule has 35 heavy (non-hydrogen) atoms. The van der Waals surface area contributed by atoms with Crippen molar-refractivity contribution in [3.05, 3.63) is 17.5 Å². The second-order valence-corrected chi connectivity index (χ2v) is 9.64. The van der Waals surface area contributed by atoms with Crippen LogP contribution in [0, 0.1) is 5.92 Å². The van der Waals surface area contributed by atoms with E-state index in [9.17, 15) is 19.2 Å². The molecule has 12 nitrogen and oxygen atoms in total. The van der Waals surface area contributed by atoms with Gasteiger partial charge < -0.3 is 29.9 Å². The molecule has 1 aromatic heterocycles. The number of rotatable bonds is 14. The van der Waals surface area contributed by atoms with Gasteiger partial charge in [-0.15, -0.1) is 0 Å². The molecule has 3 amide bonds. The molecule has 0 saturated carbocycles. The molecule has 0 aliphatic carbocycles. The third kappa shape index (κ3) is 7.58. The molecule has 0 bridgehead atoms. The Morgan fingerprint density at radius 1 is 1.20 bits per heavy atom. The van der Waals surface area contributed by atoms with Crippen LogP contribution in [0.15, 0.2) is 10.6 Å². The van der Waals surface area contributed by atoms with E-state index < -0.39 is 35.4 Å². The molecule has 2 aliphatic heterocycles. The maximum atomic E-state index is 12.7. The van der Waals surface area contributed by atoms with E-state index in [0.717, 1.165) is 19.5 Å². The summed E-state index contributed by atoms with van der Waals surface area (Å²) in [7, 11) is 1.39. The van der Waals surface area contributed by atoms with Crippen LogP contribution in [0.1, 0.15) is 49.9 Å². The van der Waals surface area contributed by atoms with Crippen LogP contribution in [0.2, 0.25) is 0 Å². The van der Waals surface area contributed by atoms with Gasteiger partial charge in [-0.05, 0) is 38.8 Å². The van der Waals surface area contributed by atoms with Gasteiger partial charge in [-0.25, -0.2) is 0 Å². The lowest BCUT2D eigenvalue weighted by atomic mass is 9.93. The summed E-state index contributed by atoms with van der Waals surface area (Å²) in [4.78, 5) is 52.5. The van der Waals surface area contributed by atoms with Crippen LogP contribution in [0.5, 0.6) is 0 Å². The van der Waals surface area contributed by atoms with E-state index in [4.69, 9.17) is 14.0 Å². The van der Waals surface area contributed by atoms with Crippen molar-refractivity contribution in [3.63, 3.8) is 0 Å². The highest BCUT2D eigenvalue weighted by molar-refractivity contribution is 5.98. The van der Waals surface area contributed by atoms with Gasteiger partial charge >= 0.3 is 0 Å². The molecule has 12 heteroatoms. The zero-order valence-electron chi connectivity index (χ0n) is 20.7. The molecule has 0 radical (unpaired) electrons. The second-order valence-electron chi connectivity index (χ2n) is 9.64. The first-order chi connectivity index (χ1) is 16.6. The van der Waals surface area contributed by atoms with E-state index in [2.05, 4.69) is 26.0 Å². The van der Waals surface area contributed by atoms with Crippen molar-refractivity contribution < 1.29 is 33.2 Å². The van der Waals surface area contributed by atoms with Crippen LogP contribution >= 0.6 is 0 Å². The van der Waals surface area contributed by atoms with Crippen LogP contribution in [-0.2, 0) is 30.4 Å². The monoisotopic (exact) mass is 493 g/mol. The van der Waals surface area contributed by atoms with E-state index in [0.29, 0.717) is 25.3 Å². The zero-order valence-corrected chi connectivity index (χ0v) is 20.7. The van der Waals surface area contributed by atoms with Crippen LogP contribution < -0.4 is 16.0 Å². The van der Waals surface area contributed by atoms with Gasteiger partial charge in [0.05, 0.1) is 32.3 Å². The number of carbonyl (C=O) groups excluding carboxylic acids is 4. The lowest BCUT2D eigenvalue weighted by Crippen LogP contribution is -2.53. The molecular formula is C23H35N5O7. The average molecular weight is 494 g/mol. The minimum atomic E-state index is -1.05. The number of carbonyl (C=O) groups is 4. The Bertz CT molecular complexity index is 923. The molecule has 2 aliphatic rings. The highest BCUT2D eigenvalue weighted by Crippen LogP contribution is 2.29. The van der Waals surface area contributed by atoms with Crippen LogP contribution in [0.3, 0.4) is 0 Å². The number of aromatic nitrogens is 1. The molecule has 3 heterocycles. The van der Waals surface area contributed by atoms with Gasteiger partial charge in [0.25, 0.3) is 5.91 Å². The lowest BCUT2D eigenvalue weighted by molar-refractivity contribution is -0.131. The summed E-state index contributed by atoms with van der Waals surface area (Å²) in [5.41, 5.74) is -0.807. The van der Waals surface area contributed by atoms with Gasteiger partial charge in [-0.1, -0.05) is 19.0 Å². The maximum absolute atomic E-state index is 12.7. The number of nitrogens with one attached hydrogen (secondary N) is 3. The number of likely N-dealkylation sites (tertiary alicyclic amines) is 1. The fraction of sp³-hybridized carbons (Fsp3) is 0.696. The zero-order chi connectivity index (χ0) is 25.6. The molecule has 3 rings (SSSR count). The molecule has 1 aromatic rings. The number of ketones is 1. The normalized spacial score (nSPS) is 21.1. The first-order valence-corrected chi connectivity index (χ1v) is 11.8. The highest BCUT2D eigenvalue weighted by Gasteiger charge is 2.50. The van der Waals surface area contributed by atoms with Crippen LogP contribution in [-0.4, -0.2) is 91.2 Å². The van der Waals surface area contributed by atoms with Crippen molar-refractivity contribution in [2.45, 2.75) is 57.8 Å². The van der Waals surface area contributed by atoms with Gasteiger partial charge in [0, 0.05) is 13.2 Å². The third-order valence-electron chi connectivity index (χ3n) is 5.96. The molecule has 0 unspecified atom stereocenters. The number of hydrogen-bond donors (Lipinski definition) is 3. The van der Waals surface area contributed by atoms with E-state index in [1.54, 1.807) is 13.0 Å². The number of Topliss-reactive ketones (excluding diaryl/α,β-unsaturated/α-hetero) is 1. The molecule has 0 aromatic carbocycles. The second kappa shape index (κ2) is 11.7. The molecule has 3 atom stereocenters. The Morgan fingerprint density at radius 3 is 2.49 bits per heavy atom. The van der Waals surface area contributed by atoms with Crippen molar-refractivity contribution >= 4 is 23.5 Å². The van der Waals surface area contributed by atoms with Crippen molar-refractivity contribution in [3.8, 4) is 0 Å². The Labute approximate surface area is 204 Å². The number of nitrogens with zero attached hydrogens (tertiary/aromatic N) is 2. The Morgan fingerprint density at radius 2 is 1.91 bits per heavy atom. The van der Waals surface area contributed by atoms with Gasteiger partial charge in [-0.3, -0.25) is 24.1 Å². The van der Waals surface area contributed by atoms with Gasteiger partial charge in [0.2, 0.25) is 11.8 Å². The largest absolute Gasteiger partial charge is 0.382 e. The fourth-order valence-electron chi connectivity index (χ4n) is 3.69. The average Bonchev–Trinajstić information content (AvgIpc) is 3.35. The number of ether oxygens (including phenoxy) is 2. The smallest absolute Gasteiger partial charge is 0.274 e. The summed E-state index contributed by atoms with van der Waals surface area (Å²) < 4.78 is 15.5. The number of amides is 3. The number of methoxy groups -OCH3 is 1. The van der Waals surface area contributed by atoms with E-state index in [-0.39, 0.29) is 30.5 Å². The molecule has 2 fully saturated rings. The Hall–Kier alpha value is -2.83. The predicted molar refractivity (Wildman–Crippen MR) is 123 cm³/mol. The van der Waals surface area contributed by atoms with Gasteiger partial charge in [0.15, 0.2) is 17.2 Å². The van der Waals surface area contributed by atoms with Gasteiger partial charge in [0.1, 0.15) is 11.6 Å². The van der Waals surface area contributed by atoms with E-state index >= 15 is 0 Å². The molecule has 3 N–H and O–H groups in total. The number of epoxide rings is 1. The van der Waals surface area contributed by atoms with Gasteiger partial charge in [-0.2, -0.15) is 0 Å². The topological polar surface area (TPSA) is 155 Å². The lowest BCUT2D eigenvalue weighted by Gasteiger charge is -2.29. The SMILES string of the molecule is COC[C@H](NC(=O)c1cc(CN2CCC2)on1)C(=O)NCC(=O)N[C@@H](CC(C)C)C(=O)[C@@]1(C)CO1. The van der Waals surface area contributed by atoms with Crippen LogP contribution in [0.25, 0.3) is 0 Å². The summed E-state index contributed by atoms with van der Waals surface area (Å²) in [6.07, 6.45) is 1.59. The highest BCUT2D eigenvalue weighted by atomic mass is 16.6. The first-order valence-electron chi connectivity index (χ1n) is 11.8. The summed E-state index contributed by atoms with van der Waals surface area (Å²) in [5, 5.41) is 11.5. The van der Waals surface area contributed by atoms with Crippen molar-refractivity contribution in [2.24, 2.45) is 5.92 Å². The summed E-state index contributed by atoms with van der Waals surface area (Å²) >= 11 is 0. The van der Waals surface area contributed by atoms with Crippen molar-refractivity contribution in [1.82, 2.24) is 26.0 Å². The summed E-state index contributed by atoms with van der Waals surface area (Å²) in [5.74, 6) is -1.16. The standard InChI is InChI=1S/C23H35N5O7/c1-14(2)8-16(20(30)23(3)13-34-23)25-19(29)10-24-21(31)18(12-33-4)26-22(32)17-9-15(35-27-17)11-28-6-5-7-28/h9,14,16,18H,5-8,10-13H2,1-4H3,(H,24,31)(H,25,29)(H,26,32)/t16-,18-,23+/m0/s1. The van der Waals surface area contributed by atoms with E-state index in [1.165, 1.54) is 7.11 Å². The minimum absolute atomic E-state index is 0.0537. The van der Waals surface area contributed by atoms with E-state index in [1.807, 2.05) is 13.8 Å². The summed E-state index contributed by atoms with van der Waals surface area (Å²) in [6, 6.07) is -0.222. The third-order valence-corrected chi connectivity index (χ3v) is 5.96. The Kier molecular flexibility index (Phi) is 8.98. The maximum Gasteiger partial charge on any atom is 0.274 e.